The summed E-state index contributed by atoms with van der Waals surface area (Å²) in [7, 11) is 0. The fraction of sp³-hybridized carbons (Fsp3) is 0.400. The maximum atomic E-state index is 12.2. The molecule has 1 aliphatic heterocycles. The molecule has 1 unspecified atom stereocenters. The first kappa shape index (κ1) is 23.7. The maximum absolute atomic E-state index is 12.2. The van der Waals surface area contributed by atoms with Crippen molar-refractivity contribution in [3.8, 4) is 11.1 Å². The number of aliphatic hydroxyl groups is 1. The van der Waals surface area contributed by atoms with Gasteiger partial charge in [0, 0.05) is 31.5 Å². The summed E-state index contributed by atoms with van der Waals surface area (Å²) in [5.74, 6) is -1.86. The summed E-state index contributed by atoms with van der Waals surface area (Å²) in [6.45, 7) is 0.505. The van der Waals surface area contributed by atoms with Crippen molar-refractivity contribution >= 4 is 18.0 Å². The van der Waals surface area contributed by atoms with E-state index < -0.39 is 30.2 Å². The molecule has 2 aromatic carbocycles. The van der Waals surface area contributed by atoms with Gasteiger partial charge in [-0.25, -0.2) is 9.59 Å². The molecule has 2 aliphatic rings. The Morgan fingerprint density at radius 3 is 2.32 bits per heavy atom. The van der Waals surface area contributed by atoms with Gasteiger partial charge in [0.25, 0.3) is 0 Å². The second-order valence-electron chi connectivity index (χ2n) is 8.55. The van der Waals surface area contributed by atoms with Gasteiger partial charge < -0.3 is 30.3 Å². The van der Waals surface area contributed by atoms with Crippen LogP contribution in [0.1, 0.15) is 29.9 Å². The Bertz CT molecular complexity index is 1010. The molecule has 2 aromatic rings. The van der Waals surface area contributed by atoms with E-state index in [9.17, 15) is 19.5 Å². The van der Waals surface area contributed by atoms with Crippen molar-refractivity contribution in [2.75, 3.05) is 26.3 Å². The van der Waals surface area contributed by atoms with E-state index in [1.165, 1.54) is 0 Å². The lowest BCUT2D eigenvalue weighted by molar-refractivity contribution is -0.149. The van der Waals surface area contributed by atoms with Gasteiger partial charge >= 0.3 is 12.1 Å². The van der Waals surface area contributed by atoms with Crippen molar-refractivity contribution < 1.29 is 34.1 Å². The summed E-state index contributed by atoms with van der Waals surface area (Å²) in [4.78, 5) is 35.4. The number of nitrogens with one attached hydrogen (secondary N) is 2. The summed E-state index contributed by atoms with van der Waals surface area (Å²) in [5.41, 5.74) is 4.47. The van der Waals surface area contributed by atoms with Crippen molar-refractivity contribution in [1.82, 2.24) is 10.6 Å². The molecule has 4 N–H and O–H groups in total. The number of carboxylic acid groups (broad SMARTS) is 1. The number of carbonyl (C=O) groups excluding carboxylic acids is 2. The quantitative estimate of drug-likeness (QED) is 0.441. The molecule has 9 heteroatoms. The molecule has 34 heavy (non-hydrogen) atoms. The molecule has 0 spiro atoms. The average Bonchev–Trinajstić information content (AvgIpc) is 3.43. The minimum atomic E-state index is -1.10. The second kappa shape index (κ2) is 10.7. The number of hydrogen-bond donors (Lipinski definition) is 4. The number of benzene rings is 2. The van der Waals surface area contributed by atoms with Gasteiger partial charge in [-0.3, -0.25) is 4.79 Å². The zero-order chi connectivity index (χ0) is 24.1. The van der Waals surface area contributed by atoms with Crippen molar-refractivity contribution in [2.24, 2.45) is 5.92 Å². The lowest BCUT2D eigenvalue weighted by Crippen LogP contribution is -2.39. The summed E-state index contributed by atoms with van der Waals surface area (Å²) >= 11 is 0. The number of aliphatic hydroxyl groups excluding tert-OH is 1. The SMILES string of the molecule is O=C(CC(O)CNC(=O)OCC1c2ccccc2-c2ccccc21)NC[C@@H]1CCO[C@@H]1C(=O)O. The smallest absolute Gasteiger partial charge is 0.407 e. The number of carbonyl (C=O) groups is 3. The predicted octanol–water partition coefficient (Wildman–Crippen LogP) is 1.88. The second-order valence-corrected chi connectivity index (χ2v) is 8.55. The van der Waals surface area contributed by atoms with Crippen LogP contribution in [0, 0.1) is 5.92 Å². The fourth-order valence-corrected chi connectivity index (χ4v) is 4.57. The molecule has 1 fully saturated rings. The molecule has 1 heterocycles. The van der Waals surface area contributed by atoms with Crippen LogP contribution in [0.2, 0.25) is 0 Å². The zero-order valence-electron chi connectivity index (χ0n) is 18.6. The molecule has 4 rings (SSSR count). The van der Waals surface area contributed by atoms with E-state index in [4.69, 9.17) is 14.6 Å². The van der Waals surface area contributed by atoms with Crippen molar-refractivity contribution in [1.29, 1.82) is 0 Å². The van der Waals surface area contributed by atoms with Crippen LogP contribution in [0.5, 0.6) is 0 Å². The Morgan fingerprint density at radius 2 is 1.68 bits per heavy atom. The first-order valence-corrected chi connectivity index (χ1v) is 11.3. The van der Waals surface area contributed by atoms with E-state index >= 15 is 0 Å². The normalized spacial score (nSPS) is 19.7. The molecule has 9 nitrogen and oxygen atoms in total. The molecular formula is C25H28N2O7. The molecule has 0 aromatic heterocycles. The van der Waals surface area contributed by atoms with Crippen LogP contribution in [0.25, 0.3) is 11.1 Å². The number of hydrogen-bond acceptors (Lipinski definition) is 6. The summed E-state index contributed by atoms with van der Waals surface area (Å²) in [6, 6.07) is 16.0. The Balaban J connectivity index is 1.19. The van der Waals surface area contributed by atoms with Gasteiger partial charge in [0.1, 0.15) is 6.61 Å². The number of aliphatic carboxylic acids is 1. The van der Waals surface area contributed by atoms with E-state index in [2.05, 4.69) is 22.8 Å². The van der Waals surface area contributed by atoms with Gasteiger partial charge in [-0.05, 0) is 28.7 Å². The van der Waals surface area contributed by atoms with Gasteiger partial charge in [-0.15, -0.1) is 0 Å². The molecular weight excluding hydrogens is 440 g/mol. The van der Waals surface area contributed by atoms with Gasteiger partial charge in [0.15, 0.2) is 6.10 Å². The van der Waals surface area contributed by atoms with Crippen LogP contribution < -0.4 is 10.6 Å². The Morgan fingerprint density at radius 1 is 1.03 bits per heavy atom. The van der Waals surface area contributed by atoms with Crippen molar-refractivity contribution in [3.63, 3.8) is 0 Å². The molecule has 180 valence electrons. The van der Waals surface area contributed by atoms with Gasteiger partial charge in [-0.1, -0.05) is 48.5 Å². The summed E-state index contributed by atoms with van der Waals surface area (Å²) in [5, 5.41) is 24.3. The third-order valence-corrected chi connectivity index (χ3v) is 6.27. The average molecular weight is 469 g/mol. The van der Waals surface area contributed by atoms with Crippen molar-refractivity contribution in [3.05, 3.63) is 59.7 Å². The molecule has 2 amide bonds. The van der Waals surface area contributed by atoms with Crippen LogP contribution in [0.3, 0.4) is 0 Å². The molecule has 1 saturated heterocycles. The molecule has 0 bridgehead atoms. The monoisotopic (exact) mass is 468 g/mol. The molecule has 3 atom stereocenters. The molecule has 1 aliphatic carbocycles. The highest BCUT2D eigenvalue weighted by Crippen LogP contribution is 2.44. The number of amides is 2. The van der Waals surface area contributed by atoms with Gasteiger partial charge in [0.05, 0.1) is 12.5 Å². The van der Waals surface area contributed by atoms with Crippen LogP contribution in [-0.2, 0) is 19.1 Å². The summed E-state index contributed by atoms with van der Waals surface area (Å²) in [6.07, 6.45) is -2.39. The lowest BCUT2D eigenvalue weighted by atomic mass is 9.98. The van der Waals surface area contributed by atoms with Crippen LogP contribution >= 0.6 is 0 Å². The largest absolute Gasteiger partial charge is 0.479 e. The third-order valence-electron chi connectivity index (χ3n) is 6.27. The fourth-order valence-electron chi connectivity index (χ4n) is 4.57. The number of alkyl carbamates (subject to hydrolysis) is 1. The van der Waals surface area contributed by atoms with E-state index in [1.54, 1.807) is 0 Å². The first-order chi connectivity index (χ1) is 16.4. The third kappa shape index (κ3) is 5.37. The van der Waals surface area contributed by atoms with Crippen LogP contribution in [-0.4, -0.2) is 66.7 Å². The maximum Gasteiger partial charge on any atom is 0.407 e. The topological polar surface area (TPSA) is 134 Å². The number of carboxylic acids is 1. The Kier molecular flexibility index (Phi) is 7.44. The first-order valence-electron chi connectivity index (χ1n) is 11.3. The van der Waals surface area contributed by atoms with Crippen LogP contribution in [0.15, 0.2) is 48.5 Å². The lowest BCUT2D eigenvalue weighted by Gasteiger charge is -2.17. The van der Waals surface area contributed by atoms with E-state index in [0.29, 0.717) is 13.0 Å². The predicted molar refractivity (Wildman–Crippen MR) is 122 cm³/mol. The summed E-state index contributed by atoms with van der Waals surface area (Å²) < 4.78 is 10.6. The van der Waals surface area contributed by atoms with E-state index in [1.807, 2.05) is 36.4 Å². The highest BCUT2D eigenvalue weighted by atomic mass is 16.5. The van der Waals surface area contributed by atoms with Gasteiger partial charge in [-0.2, -0.15) is 0 Å². The Hall–Kier alpha value is -3.43. The van der Waals surface area contributed by atoms with Gasteiger partial charge in [0.2, 0.25) is 5.91 Å². The Labute approximate surface area is 197 Å². The number of fused-ring (bicyclic) bond motifs is 3. The van der Waals surface area contributed by atoms with Crippen LogP contribution in [0.4, 0.5) is 4.79 Å². The molecule has 0 radical (unpaired) electrons. The number of ether oxygens (including phenoxy) is 2. The van der Waals surface area contributed by atoms with Crippen molar-refractivity contribution in [2.45, 2.75) is 31.0 Å². The zero-order valence-corrected chi connectivity index (χ0v) is 18.6. The minimum absolute atomic E-state index is 0.0666. The van der Waals surface area contributed by atoms with E-state index in [-0.39, 0.29) is 38.0 Å². The van der Waals surface area contributed by atoms with E-state index in [0.717, 1.165) is 22.3 Å². The highest BCUT2D eigenvalue weighted by Gasteiger charge is 2.34. The highest BCUT2D eigenvalue weighted by molar-refractivity contribution is 5.79. The number of rotatable bonds is 9. The minimum Gasteiger partial charge on any atom is -0.479 e. The molecule has 0 saturated carbocycles. The standard InChI is InChI=1S/C25H28N2O7/c28-16(11-22(29)26-12-15-9-10-33-23(15)24(30)31)13-27-25(32)34-14-21-19-7-3-1-5-17(19)18-6-2-4-8-20(18)21/h1-8,15-16,21,23,28H,9-14H2,(H,26,29)(H,27,32)(H,30,31)/t15-,16?,23-/m0/s1.